The van der Waals surface area contributed by atoms with E-state index in [1.165, 1.54) is 112 Å². The van der Waals surface area contributed by atoms with Gasteiger partial charge in [-0.1, -0.05) is 236 Å². The lowest BCUT2D eigenvalue weighted by atomic mass is 9.58. The molecule has 0 amide bonds. The van der Waals surface area contributed by atoms with Crippen molar-refractivity contribution >= 4 is 22.6 Å². The second-order valence-corrected chi connectivity index (χ2v) is 20.4. The lowest BCUT2D eigenvalue weighted by Gasteiger charge is -2.49. The Morgan fingerprint density at radius 2 is 0.932 bits per heavy atom. The quantitative estimate of drug-likeness (QED) is 0.139. The maximum Gasteiger partial charge on any atom is 0.0744 e. The van der Waals surface area contributed by atoms with Crippen LogP contribution in [0.4, 0.5) is 17.1 Å². The fourth-order valence-electron chi connectivity index (χ4n) is 13.2. The highest BCUT2D eigenvalue weighted by Gasteiger charge is 2.51. The zero-order valence-corrected chi connectivity index (χ0v) is 42.3. The Bertz CT molecular complexity index is 3840. The summed E-state index contributed by atoms with van der Waals surface area (Å²) >= 11 is 0. The van der Waals surface area contributed by atoms with Gasteiger partial charge in [0.1, 0.15) is 0 Å². The van der Waals surface area contributed by atoms with Crippen LogP contribution < -0.4 is 4.90 Å². The molecule has 0 fully saturated rings. The second-order valence-electron chi connectivity index (χ2n) is 20.4. The van der Waals surface area contributed by atoms with Crippen LogP contribution in [-0.4, -0.2) is 0 Å². The van der Waals surface area contributed by atoms with Crippen molar-refractivity contribution in [3.8, 4) is 44.5 Å². The van der Waals surface area contributed by atoms with Gasteiger partial charge in [-0.25, -0.2) is 0 Å². The van der Waals surface area contributed by atoms with E-state index in [1.54, 1.807) is 0 Å². The minimum Gasteiger partial charge on any atom is -0.310 e. The van der Waals surface area contributed by atoms with Gasteiger partial charge in [0, 0.05) is 5.69 Å². The first kappa shape index (κ1) is 45.1. The molecule has 1 unspecified atom stereocenters. The third kappa shape index (κ3) is 6.84. The van der Waals surface area contributed by atoms with Gasteiger partial charge in [-0.2, -0.15) is 0 Å². The van der Waals surface area contributed by atoms with Crippen molar-refractivity contribution in [1.29, 1.82) is 0 Å². The van der Waals surface area contributed by atoms with E-state index in [1.807, 2.05) is 0 Å². The molecule has 1 nitrogen and oxygen atoms in total. The average Bonchev–Trinajstić information content (AvgIpc) is 3.91. The minimum absolute atomic E-state index is 0.545. The lowest BCUT2D eigenvalue weighted by Crippen LogP contribution is -2.40. The van der Waals surface area contributed by atoms with Crippen molar-refractivity contribution in [1.82, 2.24) is 0 Å². The van der Waals surface area contributed by atoms with Crippen molar-refractivity contribution in [2.75, 3.05) is 4.90 Å². The maximum absolute atomic E-state index is 4.54. The van der Waals surface area contributed by atoms with Gasteiger partial charge in [0.25, 0.3) is 0 Å². The van der Waals surface area contributed by atoms with Crippen LogP contribution in [0, 0.1) is 6.92 Å². The third-order valence-corrected chi connectivity index (χ3v) is 16.4. The molecule has 1 heterocycles. The molecule has 10 aromatic carbocycles. The molecule has 0 bridgehead atoms. The molecular weight excluding hydrogens is 891 g/mol. The minimum atomic E-state index is -0.709. The lowest BCUT2D eigenvalue weighted by molar-refractivity contribution is 0.700. The molecule has 0 saturated heterocycles. The summed E-state index contributed by atoms with van der Waals surface area (Å²) < 4.78 is 0. The van der Waals surface area contributed by atoms with Gasteiger partial charge in [0.05, 0.1) is 22.2 Å². The first-order valence-electron chi connectivity index (χ1n) is 26.2. The molecule has 10 aromatic rings. The maximum atomic E-state index is 4.54. The zero-order valence-electron chi connectivity index (χ0n) is 42.3. The number of allylic oxidation sites excluding steroid dienone is 5. The van der Waals surface area contributed by atoms with Crippen LogP contribution >= 0.6 is 0 Å². The van der Waals surface area contributed by atoms with E-state index in [9.17, 15) is 0 Å². The van der Waals surface area contributed by atoms with Crippen molar-refractivity contribution in [2.24, 2.45) is 0 Å². The number of nitrogens with zero attached hydrogens (tertiary/aromatic N) is 1. The molecule has 354 valence electrons. The van der Waals surface area contributed by atoms with E-state index in [2.05, 4.69) is 287 Å². The molecule has 74 heavy (non-hydrogen) atoms. The molecule has 1 atom stereocenters. The Kier molecular flexibility index (Phi) is 11.0. The van der Waals surface area contributed by atoms with Gasteiger partial charge >= 0.3 is 0 Å². The molecule has 0 aromatic heterocycles. The Labute approximate surface area is 436 Å². The molecule has 1 aliphatic heterocycles. The van der Waals surface area contributed by atoms with E-state index in [-0.39, 0.29) is 0 Å². The fourth-order valence-corrected chi connectivity index (χ4v) is 13.2. The summed E-state index contributed by atoms with van der Waals surface area (Å²) in [6, 6.07) is 90.9. The summed E-state index contributed by atoms with van der Waals surface area (Å²) in [6.45, 7) is 11.4. The number of benzene rings is 10. The summed E-state index contributed by atoms with van der Waals surface area (Å²) in [6.07, 6.45) is 7.02. The SMILES string of the molecule is C=C(C)c1ccc(-c2ccccc2)cc1-c1cccc(C2(C3=CCCC=C3C)c3ccccc3N(c3ccc4c(c3)C(c3ccccc3)(c3ccccc3)c3ccccc3-4)c3ccc(-c4ccccc4)cc32)c1C. The van der Waals surface area contributed by atoms with Gasteiger partial charge in [0.2, 0.25) is 0 Å². The van der Waals surface area contributed by atoms with Crippen LogP contribution in [0.15, 0.2) is 273 Å². The molecule has 3 aliphatic rings. The van der Waals surface area contributed by atoms with Gasteiger partial charge in [0.15, 0.2) is 0 Å². The number of fused-ring (bicyclic) bond motifs is 5. The van der Waals surface area contributed by atoms with E-state index in [0.717, 1.165) is 29.7 Å². The number of hydrogen-bond acceptors (Lipinski definition) is 1. The Hall–Kier alpha value is -8.78. The third-order valence-electron chi connectivity index (χ3n) is 16.4. The predicted molar refractivity (Wildman–Crippen MR) is 312 cm³/mol. The number of para-hydroxylation sites is 1. The van der Waals surface area contributed by atoms with Crippen LogP contribution in [0.5, 0.6) is 0 Å². The van der Waals surface area contributed by atoms with Crippen molar-refractivity contribution < 1.29 is 0 Å². The summed E-state index contributed by atoms with van der Waals surface area (Å²) in [7, 11) is 0. The average molecular weight is 948 g/mol. The molecule has 0 saturated carbocycles. The molecule has 2 aliphatic carbocycles. The molecule has 0 radical (unpaired) electrons. The van der Waals surface area contributed by atoms with Crippen LogP contribution in [-0.2, 0) is 10.8 Å². The Balaban J connectivity index is 1.11. The van der Waals surface area contributed by atoms with Crippen molar-refractivity contribution in [3.63, 3.8) is 0 Å². The zero-order chi connectivity index (χ0) is 50.0. The number of hydrogen-bond donors (Lipinski definition) is 0. The monoisotopic (exact) mass is 947 g/mol. The summed E-state index contributed by atoms with van der Waals surface area (Å²) in [4.78, 5) is 2.58. The van der Waals surface area contributed by atoms with E-state index < -0.39 is 10.8 Å². The van der Waals surface area contributed by atoms with E-state index >= 15 is 0 Å². The highest BCUT2D eigenvalue weighted by atomic mass is 15.2. The van der Waals surface area contributed by atoms with E-state index in [0.29, 0.717) is 0 Å². The second kappa shape index (κ2) is 18.1. The Morgan fingerprint density at radius 1 is 0.392 bits per heavy atom. The highest BCUT2D eigenvalue weighted by Crippen LogP contribution is 2.63. The first-order valence-corrected chi connectivity index (χ1v) is 26.2. The van der Waals surface area contributed by atoms with Crippen LogP contribution in [0.25, 0.3) is 50.1 Å². The predicted octanol–water partition coefficient (Wildman–Crippen LogP) is 19.2. The highest BCUT2D eigenvalue weighted by molar-refractivity contribution is 5.95. The summed E-state index contributed by atoms with van der Waals surface area (Å²) in [5, 5.41) is 0. The van der Waals surface area contributed by atoms with Crippen molar-refractivity contribution in [2.45, 2.75) is 44.4 Å². The fraction of sp³-hybridized carbons (Fsp3) is 0.0959. The molecule has 0 spiro atoms. The first-order chi connectivity index (χ1) is 36.4. The molecule has 1 heteroatoms. The van der Waals surface area contributed by atoms with Gasteiger partial charge in [-0.3, -0.25) is 0 Å². The number of rotatable bonds is 9. The molecule has 0 N–H and O–H groups in total. The standard InChI is InChI=1S/C73H57N/c1-49(2)59-43-40-54(52-25-9-5-10-26-52)46-63(59)60-34-23-38-65(51(60)4)73(64-35-19-17-24-50(64)3)67-37-21-22-39-70(67)74(71-45-41-55(47-69(71)73)53-27-11-6-12-28-53)58-42-44-62-61-33-18-20-36-66(61)72(68(62)48-58,56-29-13-7-14-30-56)57-31-15-8-16-32-57/h5-16,18,20-48H,1,17,19H2,2-4H3. The largest absolute Gasteiger partial charge is 0.310 e. The Morgan fingerprint density at radius 3 is 1.61 bits per heavy atom. The molecular formula is C73H57N. The summed E-state index contributed by atoms with van der Waals surface area (Å²) in [5.74, 6) is 0. The van der Waals surface area contributed by atoms with Crippen LogP contribution in [0.1, 0.15) is 76.8 Å². The van der Waals surface area contributed by atoms with Gasteiger partial charge < -0.3 is 4.90 Å². The number of anilines is 3. The van der Waals surface area contributed by atoms with Gasteiger partial charge in [-0.15, -0.1) is 0 Å². The van der Waals surface area contributed by atoms with Crippen molar-refractivity contribution in [3.05, 3.63) is 323 Å². The molecule has 13 rings (SSSR count). The normalized spacial score (nSPS) is 16.0. The smallest absolute Gasteiger partial charge is 0.0744 e. The van der Waals surface area contributed by atoms with E-state index in [4.69, 9.17) is 0 Å². The van der Waals surface area contributed by atoms with Crippen LogP contribution in [0.2, 0.25) is 0 Å². The topological polar surface area (TPSA) is 3.24 Å². The summed E-state index contributed by atoms with van der Waals surface area (Å²) in [5.41, 5.74) is 27.0. The van der Waals surface area contributed by atoms with Crippen LogP contribution in [0.3, 0.4) is 0 Å². The van der Waals surface area contributed by atoms with Gasteiger partial charge in [-0.05, 0) is 170 Å².